The minimum absolute atomic E-state index is 0.183. The molecule has 0 bridgehead atoms. The third-order valence-electron chi connectivity index (χ3n) is 2.79. The van der Waals surface area contributed by atoms with Gasteiger partial charge in [-0.1, -0.05) is 19.9 Å². The van der Waals surface area contributed by atoms with Crippen molar-refractivity contribution < 1.29 is 18.8 Å². The molecule has 3 N–H and O–H groups in total. The maximum atomic E-state index is 14.2. The molecular formula is C15H23FN2O3. The van der Waals surface area contributed by atoms with E-state index in [2.05, 4.69) is 10.2 Å². The molecule has 0 heterocycles. The second kappa shape index (κ2) is 6.41. The van der Waals surface area contributed by atoms with Crippen molar-refractivity contribution in [1.82, 2.24) is 0 Å². The van der Waals surface area contributed by atoms with E-state index in [9.17, 15) is 9.18 Å². The second-order valence-corrected chi connectivity index (χ2v) is 6.52. The Morgan fingerprint density at radius 3 is 2.38 bits per heavy atom. The summed E-state index contributed by atoms with van der Waals surface area (Å²) >= 11 is 0. The smallest absolute Gasteiger partial charge is 0.412 e. The van der Waals surface area contributed by atoms with E-state index in [1.807, 2.05) is 13.8 Å². The molecule has 21 heavy (non-hydrogen) atoms. The van der Waals surface area contributed by atoms with Gasteiger partial charge in [-0.15, -0.1) is 0 Å². The summed E-state index contributed by atoms with van der Waals surface area (Å²) in [5, 5.41) is 2.49. The van der Waals surface area contributed by atoms with Gasteiger partial charge >= 0.3 is 6.09 Å². The number of hydrogen-bond donors (Lipinski definition) is 2. The van der Waals surface area contributed by atoms with Gasteiger partial charge in [-0.25, -0.2) is 15.1 Å². The van der Waals surface area contributed by atoms with Crippen LogP contribution in [-0.4, -0.2) is 18.3 Å². The van der Waals surface area contributed by atoms with Crippen molar-refractivity contribution in [3.05, 3.63) is 29.6 Å². The summed E-state index contributed by atoms with van der Waals surface area (Å²) < 4.78 is 19.3. The Morgan fingerprint density at radius 1 is 1.29 bits per heavy atom. The maximum Gasteiger partial charge on any atom is 0.412 e. The molecule has 0 radical (unpaired) electrons. The van der Waals surface area contributed by atoms with Crippen LogP contribution in [0.25, 0.3) is 0 Å². The van der Waals surface area contributed by atoms with Crippen LogP contribution in [0.5, 0.6) is 0 Å². The number of amides is 1. The first-order valence-corrected chi connectivity index (χ1v) is 6.67. The summed E-state index contributed by atoms with van der Waals surface area (Å²) in [4.78, 5) is 16.2. The van der Waals surface area contributed by atoms with Crippen LogP contribution in [0, 0.1) is 5.82 Å². The fourth-order valence-corrected chi connectivity index (χ4v) is 1.85. The number of hydrogen-bond acceptors (Lipinski definition) is 4. The molecule has 1 aromatic rings. The third kappa shape index (κ3) is 5.32. The van der Waals surface area contributed by atoms with Crippen LogP contribution in [0.3, 0.4) is 0 Å². The van der Waals surface area contributed by atoms with Crippen LogP contribution in [0.1, 0.15) is 40.2 Å². The molecule has 1 amide bonds. The van der Waals surface area contributed by atoms with Crippen molar-refractivity contribution in [3.8, 4) is 0 Å². The van der Waals surface area contributed by atoms with Crippen molar-refractivity contribution in [2.75, 3.05) is 11.9 Å². The number of benzene rings is 1. The quantitative estimate of drug-likeness (QED) is 0.836. The molecule has 5 nitrogen and oxygen atoms in total. The Labute approximate surface area is 124 Å². The van der Waals surface area contributed by atoms with Gasteiger partial charge in [0.1, 0.15) is 11.4 Å². The molecule has 6 heteroatoms. The Bertz CT molecular complexity index is 510. The largest absolute Gasteiger partial charge is 0.444 e. The topological polar surface area (TPSA) is 73.6 Å². The van der Waals surface area contributed by atoms with E-state index in [0.717, 1.165) is 0 Å². The summed E-state index contributed by atoms with van der Waals surface area (Å²) in [5.41, 5.74) is -0.385. The lowest BCUT2D eigenvalue weighted by Crippen LogP contribution is -2.28. The Balaban J connectivity index is 2.86. The first-order chi connectivity index (χ1) is 9.55. The van der Waals surface area contributed by atoms with Crippen molar-refractivity contribution >= 4 is 11.8 Å². The minimum atomic E-state index is -0.626. The van der Waals surface area contributed by atoms with E-state index in [1.54, 1.807) is 32.9 Å². The van der Waals surface area contributed by atoms with Crippen LogP contribution < -0.4 is 11.2 Å². The molecule has 0 aromatic heterocycles. The van der Waals surface area contributed by atoms with Gasteiger partial charge in [0.15, 0.2) is 0 Å². The molecule has 0 aliphatic rings. The molecule has 0 saturated heterocycles. The highest BCUT2D eigenvalue weighted by Gasteiger charge is 2.25. The van der Waals surface area contributed by atoms with Crippen molar-refractivity contribution in [2.24, 2.45) is 5.90 Å². The highest BCUT2D eigenvalue weighted by atomic mass is 19.1. The van der Waals surface area contributed by atoms with Gasteiger partial charge in [-0.3, -0.25) is 5.32 Å². The average Bonchev–Trinajstić information content (AvgIpc) is 2.25. The van der Waals surface area contributed by atoms with Crippen molar-refractivity contribution in [2.45, 2.75) is 45.6 Å². The van der Waals surface area contributed by atoms with Crippen LogP contribution in [0.4, 0.5) is 14.9 Å². The predicted octanol–water partition coefficient (Wildman–Crippen LogP) is 3.34. The Morgan fingerprint density at radius 2 is 1.90 bits per heavy atom. The van der Waals surface area contributed by atoms with Crippen LogP contribution in [0.2, 0.25) is 0 Å². The van der Waals surface area contributed by atoms with Crippen LogP contribution in [0.15, 0.2) is 18.2 Å². The molecule has 1 rings (SSSR count). The summed E-state index contributed by atoms with van der Waals surface area (Å²) in [5.74, 6) is 4.62. The number of rotatable bonds is 4. The fraction of sp³-hybridized carbons (Fsp3) is 0.533. The first kappa shape index (κ1) is 17.4. The lowest BCUT2D eigenvalue weighted by atomic mass is 9.85. The summed E-state index contributed by atoms with van der Waals surface area (Å²) in [6.45, 7) is 9.09. The molecule has 0 saturated carbocycles. The summed E-state index contributed by atoms with van der Waals surface area (Å²) in [6, 6.07) is 4.46. The Hall–Kier alpha value is -1.66. The van der Waals surface area contributed by atoms with Gasteiger partial charge in [-0.2, -0.15) is 0 Å². The third-order valence-corrected chi connectivity index (χ3v) is 2.79. The number of carbonyl (C=O) groups is 1. The minimum Gasteiger partial charge on any atom is -0.444 e. The van der Waals surface area contributed by atoms with Crippen LogP contribution in [-0.2, 0) is 15.0 Å². The number of nitrogens with two attached hydrogens (primary N) is 1. The SMILES string of the molecule is CC(C)(C)OC(=O)Nc1ccc(C(C)(C)CON)c(F)c1. The molecule has 0 unspecified atom stereocenters. The van der Waals surface area contributed by atoms with E-state index in [4.69, 9.17) is 10.6 Å². The zero-order chi connectivity index (χ0) is 16.3. The number of ether oxygens (including phenoxy) is 1. The summed E-state index contributed by atoms with van der Waals surface area (Å²) in [7, 11) is 0. The standard InChI is InChI=1S/C15H23FN2O3/c1-14(2,3)21-13(19)18-10-6-7-11(12(16)8-10)15(4,5)9-20-17/h6-8H,9,17H2,1-5H3,(H,18,19). The molecule has 118 valence electrons. The van der Waals surface area contributed by atoms with Gasteiger partial charge in [0.2, 0.25) is 0 Å². The van der Waals surface area contributed by atoms with Gasteiger partial charge in [0.25, 0.3) is 0 Å². The monoisotopic (exact) mass is 298 g/mol. The highest BCUT2D eigenvalue weighted by Crippen LogP contribution is 2.28. The lowest BCUT2D eigenvalue weighted by Gasteiger charge is -2.24. The molecule has 1 aromatic carbocycles. The normalized spacial score (nSPS) is 12.1. The van der Waals surface area contributed by atoms with Gasteiger partial charge in [-0.05, 0) is 38.5 Å². The number of carbonyl (C=O) groups excluding carboxylic acids is 1. The van der Waals surface area contributed by atoms with E-state index in [-0.39, 0.29) is 6.61 Å². The maximum absolute atomic E-state index is 14.2. The predicted molar refractivity (Wildman–Crippen MR) is 79.4 cm³/mol. The summed E-state index contributed by atoms with van der Waals surface area (Å²) in [6.07, 6.45) is -0.626. The van der Waals surface area contributed by atoms with Crippen LogP contribution >= 0.6 is 0 Å². The van der Waals surface area contributed by atoms with Gasteiger partial charge in [0.05, 0.1) is 6.61 Å². The number of nitrogens with one attached hydrogen (secondary N) is 1. The molecule has 0 spiro atoms. The van der Waals surface area contributed by atoms with E-state index < -0.39 is 22.9 Å². The van der Waals surface area contributed by atoms with E-state index >= 15 is 0 Å². The lowest BCUT2D eigenvalue weighted by molar-refractivity contribution is 0.0636. The van der Waals surface area contributed by atoms with E-state index in [1.165, 1.54) is 6.07 Å². The second-order valence-electron chi connectivity index (χ2n) is 6.52. The fourth-order valence-electron chi connectivity index (χ4n) is 1.85. The molecule has 0 aliphatic heterocycles. The van der Waals surface area contributed by atoms with Crippen molar-refractivity contribution in [1.29, 1.82) is 0 Å². The zero-order valence-corrected chi connectivity index (χ0v) is 13.1. The molecular weight excluding hydrogens is 275 g/mol. The van der Waals surface area contributed by atoms with Gasteiger partial charge in [0, 0.05) is 11.1 Å². The molecule has 0 fully saturated rings. The molecule has 0 atom stereocenters. The van der Waals surface area contributed by atoms with Crippen molar-refractivity contribution in [3.63, 3.8) is 0 Å². The van der Waals surface area contributed by atoms with E-state index in [0.29, 0.717) is 11.3 Å². The highest BCUT2D eigenvalue weighted by molar-refractivity contribution is 5.84. The average molecular weight is 298 g/mol. The first-order valence-electron chi connectivity index (χ1n) is 6.67. The zero-order valence-electron chi connectivity index (χ0n) is 13.1. The van der Waals surface area contributed by atoms with Gasteiger partial charge < -0.3 is 9.57 Å². The molecule has 0 aliphatic carbocycles. The number of anilines is 1. The Kier molecular flexibility index (Phi) is 5.31. The number of halogens is 1.